The number of amides is 1. The number of hydrogen-bond acceptors (Lipinski definition) is 3. The summed E-state index contributed by atoms with van der Waals surface area (Å²) in [5, 5.41) is 7.19. The van der Waals surface area contributed by atoms with Gasteiger partial charge in [0.2, 0.25) is 0 Å². The number of likely N-dealkylation sites (tertiary alicyclic amines) is 1. The molecule has 2 rings (SSSR count). The third-order valence-electron chi connectivity index (χ3n) is 3.17. The minimum atomic E-state index is -0.424. The molecule has 1 amide bonds. The van der Waals surface area contributed by atoms with Crippen molar-refractivity contribution in [1.29, 1.82) is 0 Å². The van der Waals surface area contributed by atoms with Crippen molar-refractivity contribution >= 4 is 27.4 Å². The molecule has 1 aromatic heterocycles. The predicted molar refractivity (Wildman–Crippen MR) is 73.8 cm³/mol. The van der Waals surface area contributed by atoms with Gasteiger partial charge >= 0.3 is 122 Å². The first kappa shape index (κ1) is 14.4. The van der Waals surface area contributed by atoms with E-state index in [0.29, 0.717) is 5.92 Å². The van der Waals surface area contributed by atoms with Crippen LogP contribution in [0, 0.1) is 0 Å². The first-order valence-corrected chi connectivity index (χ1v) is 7.51. The number of aromatic amines is 1. The topological polar surface area (TPSA) is 58.2 Å². The van der Waals surface area contributed by atoms with Gasteiger partial charge in [0.15, 0.2) is 0 Å². The van der Waals surface area contributed by atoms with E-state index in [2.05, 4.69) is 33.1 Å². The maximum atomic E-state index is 11.9. The predicted octanol–water partition coefficient (Wildman–Crippen LogP) is 1.32. The molecule has 0 unspecified atom stereocenters. The Morgan fingerprint density at radius 1 is 1.47 bits per heavy atom. The Labute approximate surface area is 122 Å². The van der Waals surface area contributed by atoms with Gasteiger partial charge in [-0.2, -0.15) is 0 Å². The standard InChI is InChI=1S/C13H20AsN3O2/c1-13(2,3)19-12(18)17-6-4-9(5-7-17)10-8-11(14)16-15-10/h8-9H,4-7H2,1-3H3,(H,15,16). The van der Waals surface area contributed by atoms with E-state index in [4.69, 9.17) is 4.74 Å². The zero-order valence-corrected chi connectivity index (χ0v) is 13.5. The van der Waals surface area contributed by atoms with Crippen molar-refractivity contribution in [2.24, 2.45) is 0 Å². The van der Waals surface area contributed by atoms with Crippen LogP contribution in [-0.4, -0.2) is 56.7 Å². The van der Waals surface area contributed by atoms with Crippen molar-refractivity contribution in [3.8, 4) is 0 Å². The summed E-state index contributed by atoms with van der Waals surface area (Å²) in [6.45, 7) is 7.16. The summed E-state index contributed by atoms with van der Waals surface area (Å²) in [5.41, 5.74) is 0.742. The van der Waals surface area contributed by atoms with E-state index in [1.165, 1.54) is 5.69 Å². The van der Waals surface area contributed by atoms with Gasteiger partial charge in [-0.25, -0.2) is 0 Å². The second kappa shape index (κ2) is 5.58. The molecule has 1 saturated heterocycles. The van der Waals surface area contributed by atoms with Gasteiger partial charge in [0.1, 0.15) is 0 Å². The van der Waals surface area contributed by atoms with Crippen LogP contribution in [0.5, 0.6) is 0 Å². The molecule has 1 aromatic rings. The molecular formula is C13H20AsN3O2. The Kier molecular flexibility index (Phi) is 4.24. The number of carbonyl (C=O) groups is 1. The summed E-state index contributed by atoms with van der Waals surface area (Å²) >= 11 is 2.43. The number of piperidine rings is 1. The molecule has 0 atom stereocenters. The molecule has 0 aliphatic carbocycles. The average molecular weight is 325 g/mol. The maximum absolute atomic E-state index is 11.9. The van der Waals surface area contributed by atoms with Gasteiger partial charge in [-0.3, -0.25) is 0 Å². The van der Waals surface area contributed by atoms with E-state index in [9.17, 15) is 4.79 Å². The van der Waals surface area contributed by atoms with Crippen LogP contribution in [0.25, 0.3) is 0 Å². The van der Waals surface area contributed by atoms with Crippen LogP contribution in [0.15, 0.2) is 6.07 Å². The zero-order chi connectivity index (χ0) is 14.0. The van der Waals surface area contributed by atoms with E-state index in [1.54, 1.807) is 4.90 Å². The van der Waals surface area contributed by atoms with Crippen molar-refractivity contribution in [3.63, 3.8) is 0 Å². The fraction of sp³-hybridized carbons (Fsp3) is 0.692. The molecular weight excluding hydrogens is 305 g/mol. The summed E-state index contributed by atoms with van der Waals surface area (Å²) in [6, 6.07) is 2.06. The molecule has 104 valence electrons. The van der Waals surface area contributed by atoms with E-state index in [0.717, 1.165) is 30.4 Å². The van der Waals surface area contributed by atoms with Crippen LogP contribution in [0.1, 0.15) is 45.2 Å². The van der Waals surface area contributed by atoms with E-state index < -0.39 is 5.60 Å². The van der Waals surface area contributed by atoms with Crippen molar-refractivity contribution in [2.45, 2.75) is 45.1 Å². The summed E-state index contributed by atoms with van der Waals surface area (Å²) < 4.78 is 6.34. The van der Waals surface area contributed by atoms with Crippen molar-refractivity contribution in [2.75, 3.05) is 13.1 Å². The van der Waals surface area contributed by atoms with E-state index >= 15 is 0 Å². The molecule has 6 heteroatoms. The molecule has 0 spiro atoms. The molecule has 5 nitrogen and oxygen atoms in total. The fourth-order valence-corrected chi connectivity index (χ4v) is 2.63. The van der Waals surface area contributed by atoms with Crippen LogP contribution in [0.4, 0.5) is 4.79 Å². The van der Waals surface area contributed by atoms with Gasteiger partial charge in [-0.05, 0) is 0 Å². The normalized spacial score (nSPS) is 17.6. The van der Waals surface area contributed by atoms with Crippen LogP contribution >= 0.6 is 0 Å². The third kappa shape index (κ3) is 4.00. The molecule has 0 bridgehead atoms. The Morgan fingerprint density at radius 3 is 2.58 bits per heavy atom. The molecule has 0 aromatic carbocycles. The zero-order valence-electron chi connectivity index (χ0n) is 11.6. The quantitative estimate of drug-likeness (QED) is 0.792. The Balaban J connectivity index is 1.87. The van der Waals surface area contributed by atoms with E-state index in [-0.39, 0.29) is 6.09 Å². The van der Waals surface area contributed by atoms with Crippen molar-refractivity contribution < 1.29 is 9.53 Å². The summed E-state index contributed by atoms with van der Waals surface area (Å²) in [7, 11) is 0. The summed E-state index contributed by atoms with van der Waals surface area (Å²) in [4.78, 5) is 13.7. The SMILES string of the molecule is CC(C)(C)OC(=O)N1CCC(c2cc([As])n[nH]2)CC1. The van der Waals surface area contributed by atoms with Gasteiger partial charge < -0.3 is 0 Å². The molecule has 0 saturated carbocycles. The van der Waals surface area contributed by atoms with Gasteiger partial charge in [0, 0.05) is 0 Å². The van der Waals surface area contributed by atoms with Gasteiger partial charge in [0.25, 0.3) is 0 Å². The second-order valence-electron chi connectivity index (χ2n) is 5.92. The van der Waals surface area contributed by atoms with Crippen molar-refractivity contribution in [3.05, 3.63) is 11.8 Å². The number of nitrogens with one attached hydrogen (secondary N) is 1. The van der Waals surface area contributed by atoms with Gasteiger partial charge in [-0.1, -0.05) is 0 Å². The van der Waals surface area contributed by atoms with Gasteiger partial charge in [-0.15, -0.1) is 0 Å². The number of hydrogen-bond donors (Lipinski definition) is 1. The summed E-state index contributed by atoms with van der Waals surface area (Å²) in [6.07, 6.45) is 1.70. The molecule has 1 N–H and O–H groups in total. The van der Waals surface area contributed by atoms with Crippen LogP contribution in [0.3, 0.4) is 0 Å². The number of carbonyl (C=O) groups excluding carboxylic acids is 1. The molecule has 1 aliphatic rings. The van der Waals surface area contributed by atoms with E-state index in [1.807, 2.05) is 20.8 Å². The molecule has 1 aliphatic heterocycles. The number of aromatic nitrogens is 2. The molecule has 1 fully saturated rings. The number of nitrogens with zero attached hydrogens (tertiary/aromatic N) is 2. The number of rotatable bonds is 1. The fourth-order valence-electron chi connectivity index (χ4n) is 2.23. The van der Waals surface area contributed by atoms with Crippen LogP contribution < -0.4 is 4.48 Å². The van der Waals surface area contributed by atoms with Gasteiger partial charge in [0.05, 0.1) is 0 Å². The van der Waals surface area contributed by atoms with Crippen LogP contribution in [0.2, 0.25) is 0 Å². The number of H-pyrrole nitrogens is 1. The monoisotopic (exact) mass is 325 g/mol. The Hall–Kier alpha value is -0.962. The number of ether oxygens (including phenoxy) is 1. The molecule has 19 heavy (non-hydrogen) atoms. The Morgan fingerprint density at radius 2 is 2.11 bits per heavy atom. The third-order valence-corrected chi connectivity index (χ3v) is 3.65. The second-order valence-corrected chi connectivity index (χ2v) is 6.88. The minimum absolute atomic E-state index is 0.205. The van der Waals surface area contributed by atoms with Crippen molar-refractivity contribution in [1.82, 2.24) is 15.1 Å². The average Bonchev–Trinajstić information content (AvgIpc) is 2.74. The first-order chi connectivity index (χ1) is 8.85. The summed E-state index contributed by atoms with van der Waals surface area (Å²) in [5.74, 6) is 0.462. The molecule has 2 radical (unpaired) electrons. The van der Waals surface area contributed by atoms with Crippen LogP contribution in [-0.2, 0) is 4.74 Å². The molecule has 2 heterocycles. The first-order valence-electron chi connectivity index (χ1n) is 6.57. The Bertz CT molecular complexity index is 445.